The van der Waals surface area contributed by atoms with Gasteiger partial charge in [-0.3, -0.25) is 4.90 Å². The summed E-state index contributed by atoms with van der Waals surface area (Å²) in [4.78, 5) is 2.64. The zero-order chi connectivity index (χ0) is 14.9. The Hall–Kier alpha value is -1.10. The monoisotopic (exact) mass is 365 g/mol. The summed E-state index contributed by atoms with van der Waals surface area (Å²) in [6.07, 6.45) is 0. The van der Waals surface area contributed by atoms with Crippen molar-refractivity contribution in [1.82, 2.24) is 10.2 Å². The molecule has 0 spiro atoms. The van der Waals surface area contributed by atoms with Gasteiger partial charge in [0.2, 0.25) is 0 Å². The average Bonchev–Trinajstić information content (AvgIpc) is 2.61. The second-order valence-electron chi connectivity index (χ2n) is 6.35. The Morgan fingerprint density at radius 2 is 1.83 bits per heavy atom. The SMILES string of the molecule is Cl.Cl.NCc1ccc2c(c1)[C@@H]1CNCCN1C[C@@H]2c1ccccc1. The van der Waals surface area contributed by atoms with Gasteiger partial charge in [0, 0.05) is 44.7 Å². The first-order valence-corrected chi connectivity index (χ1v) is 8.19. The molecule has 4 rings (SSSR count). The number of piperazine rings is 1. The van der Waals surface area contributed by atoms with Gasteiger partial charge in [0.05, 0.1) is 0 Å². The maximum absolute atomic E-state index is 5.87. The van der Waals surface area contributed by atoms with Gasteiger partial charge < -0.3 is 11.1 Å². The highest BCUT2D eigenvalue weighted by Gasteiger charge is 2.35. The van der Waals surface area contributed by atoms with Crippen LogP contribution in [0.25, 0.3) is 0 Å². The van der Waals surface area contributed by atoms with E-state index in [4.69, 9.17) is 5.73 Å². The molecule has 1 saturated heterocycles. The van der Waals surface area contributed by atoms with Crippen LogP contribution in [0.1, 0.15) is 34.2 Å². The summed E-state index contributed by atoms with van der Waals surface area (Å²) in [6.45, 7) is 4.99. The van der Waals surface area contributed by atoms with Crippen molar-refractivity contribution in [2.45, 2.75) is 18.5 Å². The first-order chi connectivity index (χ1) is 10.9. The van der Waals surface area contributed by atoms with Crippen molar-refractivity contribution >= 4 is 24.8 Å². The standard InChI is InChI=1S/C19H23N3.2ClH/c20-11-14-6-7-16-17(10-14)19-12-21-8-9-22(19)13-18(16)15-4-2-1-3-5-15;;/h1-7,10,18-19,21H,8-9,11-13,20H2;2*1H/t18-,19+;;/m1../s1. The summed E-state index contributed by atoms with van der Waals surface area (Å²) in [7, 11) is 0. The molecule has 2 atom stereocenters. The minimum absolute atomic E-state index is 0. The number of nitrogens with zero attached hydrogens (tertiary/aromatic N) is 1. The number of hydrogen-bond acceptors (Lipinski definition) is 3. The Morgan fingerprint density at radius 3 is 2.58 bits per heavy atom. The van der Waals surface area contributed by atoms with E-state index < -0.39 is 0 Å². The molecule has 0 radical (unpaired) electrons. The van der Waals surface area contributed by atoms with Gasteiger partial charge in [-0.15, -0.1) is 24.8 Å². The van der Waals surface area contributed by atoms with Gasteiger partial charge in [0.25, 0.3) is 0 Å². The second-order valence-corrected chi connectivity index (χ2v) is 6.35. The van der Waals surface area contributed by atoms with Crippen LogP contribution in [0.2, 0.25) is 0 Å². The molecule has 0 aliphatic carbocycles. The zero-order valence-electron chi connectivity index (χ0n) is 13.7. The van der Waals surface area contributed by atoms with E-state index in [0.29, 0.717) is 18.5 Å². The summed E-state index contributed by atoms with van der Waals surface area (Å²) in [5.74, 6) is 0.470. The molecule has 130 valence electrons. The third-order valence-corrected chi connectivity index (χ3v) is 5.09. The maximum Gasteiger partial charge on any atom is 0.0476 e. The van der Waals surface area contributed by atoms with E-state index >= 15 is 0 Å². The molecule has 2 aromatic rings. The van der Waals surface area contributed by atoms with Gasteiger partial charge in [0.1, 0.15) is 0 Å². The normalized spacial score (nSPS) is 22.5. The molecule has 0 aromatic heterocycles. The first-order valence-electron chi connectivity index (χ1n) is 8.19. The van der Waals surface area contributed by atoms with Gasteiger partial charge in [-0.1, -0.05) is 48.5 Å². The molecule has 0 bridgehead atoms. The number of nitrogens with one attached hydrogen (secondary N) is 1. The summed E-state index contributed by atoms with van der Waals surface area (Å²) in [5.41, 5.74) is 11.5. The van der Waals surface area contributed by atoms with Crippen molar-refractivity contribution < 1.29 is 0 Å². The smallest absolute Gasteiger partial charge is 0.0476 e. The summed E-state index contributed by atoms with van der Waals surface area (Å²) in [6, 6.07) is 18.2. The molecule has 3 nitrogen and oxygen atoms in total. The van der Waals surface area contributed by atoms with Crippen LogP contribution in [0.4, 0.5) is 0 Å². The van der Waals surface area contributed by atoms with Crippen LogP contribution in [0.3, 0.4) is 0 Å². The fourth-order valence-electron chi connectivity index (χ4n) is 3.93. The van der Waals surface area contributed by atoms with Crippen LogP contribution in [0.5, 0.6) is 0 Å². The van der Waals surface area contributed by atoms with E-state index in [1.165, 1.54) is 22.3 Å². The molecule has 3 N–H and O–H groups in total. The summed E-state index contributed by atoms with van der Waals surface area (Å²) < 4.78 is 0. The maximum atomic E-state index is 5.87. The van der Waals surface area contributed by atoms with E-state index in [9.17, 15) is 0 Å². The number of nitrogens with two attached hydrogens (primary N) is 1. The Bertz CT molecular complexity index is 663. The van der Waals surface area contributed by atoms with Gasteiger partial charge in [-0.25, -0.2) is 0 Å². The Labute approximate surface area is 156 Å². The van der Waals surface area contributed by atoms with Crippen LogP contribution < -0.4 is 11.1 Å². The Morgan fingerprint density at radius 1 is 1.04 bits per heavy atom. The molecule has 2 heterocycles. The molecule has 2 aromatic carbocycles. The molecular weight excluding hydrogens is 341 g/mol. The molecule has 24 heavy (non-hydrogen) atoms. The van der Waals surface area contributed by atoms with Crippen molar-refractivity contribution in [2.75, 3.05) is 26.2 Å². The molecule has 1 fully saturated rings. The van der Waals surface area contributed by atoms with Crippen molar-refractivity contribution in [2.24, 2.45) is 5.73 Å². The molecule has 0 unspecified atom stereocenters. The number of rotatable bonds is 2. The quantitative estimate of drug-likeness (QED) is 0.858. The lowest BCUT2D eigenvalue weighted by atomic mass is 9.80. The van der Waals surface area contributed by atoms with Gasteiger partial charge in [-0.05, 0) is 22.3 Å². The number of benzene rings is 2. The van der Waals surface area contributed by atoms with Crippen molar-refractivity contribution in [3.05, 3.63) is 70.8 Å². The molecule has 0 saturated carbocycles. The topological polar surface area (TPSA) is 41.3 Å². The number of fused-ring (bicyclic) bond motifs is 3. The minimum atomic E-state index is 0. The van der Waals surface area contributed by atoms with Gasteiger partial charge in [-0.2, -0.15) is 0 Å². The second kappa shape index (κ2) is 8.32. The van der Waals surface area contributed by atoms with Crippen LogP contribution in [0.15, 0.2) is 48.5 Å². The van der Waals surface area contributed by atoms with E-state index in [1.807, 2.05) is 0 Å². The van der Waals surface area contributed by atoms with Gasteiger partial charge in [0.15, 0.2) is 0 Å². The molecule has 2 aliphatic rings. The average molecular weight is 366 g/mol. The summed E-state index contributed by atoms with van der Waals surface area (Å²) >= 11 is 0. The molecule has 2 aliphatic heterocycles. The lowest BCUT2D eigenvalue weighted by Gasteiger charge is -2.44. The van der Waals surface area contributed by atoms with E-state index in [0.717, 1.165) is 26.2 Å². The third-order valence-electron chi connectivity index (χ3n) is 5.09. The fourth-order valence-corrected chi connectivity index (χ4v) is 3.93. The largest absolute Gasteiger partial charge is 0.326 e. The fraction of sp³-hybridized carbons (Fsp3) is 0.368. The predicted molar refractivity (Wildman–Crippen MR) is 104 cm³/mol. The summed E-state index contributed by atoms with van der Waals surface area (Å²) in [5, 5.41) is 3.54. The van der Waals surface area contributed by atoms with Crippen LogP contribution in [-0.4, -0.2) is 31.1 Å². The Balaban J connectivity index is 0.00000104. The zero-order valence-corrected chi connectivity index (χ0v) is 15.3. The molecule has 5 heteroatoms. The predicted octanol–water partition coefficient (Wildman–Crippen LogP) is 3.08. The lowest BCUT2D eigenvalue weighted by Crippen LogP contribution is -2.50. The molecular formula is C19H25Cl2N3. The van der Waals surface area contributed by atoms with E-state index in [-0.39, 0.29) is 24.8 Å². The van der Waals surface area contributed by atoms with Crippen LogP contribution in [0, 0.1) is 0 Å². The van der Waals surface area contributed by atoms with E-state index in [2.05, 4.69) is 58.7 Å². The van der Waals surface area contributed by atoms with Crippen LogP contribution >= 0.6 is 24.8 Å². The van der Waals surface area contributed by atoms with Crippen molar-refractivity contribution in [3.8, 4) is 0 Å². The minimum Gasteiger partial charge on any atom is -0.326 e. The lowest BCUT2D eigenvalue weighted by molar-refractivity contribution is 0.143. The van der Waals surface area contributed by atoms with Crippen molar-refractivity contribution in [3.63, 3.8) is 0 Å². The molecule has 0 amide bonds. The van der Waals surface area contributed by atoms with Crippen molar-refractivity contribution in [1.29, 1.82) is 0 Å². The number of halogens is 2. The van der Waals surface area contributed by atoms with Crippen LogP contribution in [-0.2, 0) is 6.54 Å². The van der Waals surface area contributed by atoms with Gasteiger partial charge >= 0.3 is 0 Å². The third kappa shape index (κ3) is 3.46. The first kappa shape index (κ1) is 19.2. The Kier molecular flexibility index (Phi) is 6.67. The number of hydrogen-bond donors (Lipinski definition) is 2. The highest BCUT2D eigenvalue weighted by molar-refractivity contribution is 5.85. The van der Waals surface area contributed by atoms with E-state index in [1.54, 1.807) is 0 Å². The highest BCUT2D eigenvalue weighted by atomic mass is 35.5. The highest BCUT2D eigenvalue weighted by Crippen LogP contribution is 2.40.